The van der Waals surface area contributed by atoms with Crippen LogP contribution in [0.5, 0.6) is 0 Å². The highest BCUT2D eigenvalue weighted by atomic mass is 15.1. The zero-order valence-electron chi connectivity index (χ0n) is 32.5. The van der Waals surface area contributed by atoms with Crippen LogP contribution in [0.2, 0.25) is 0 Å². The summed E-state index contributed by atoms with van der Waals surface area (Å²) in [7, 11) is 0. The van der Waals surface area contributed by atoms with Gasteiger partial charge in [0, 0.05) is 16.8 Å². The smallest absolute Gasteiger partial charge is 0.0540 e. The zero-order chi connectivity index (χ0) is 39.1. The molecule has 1 nitrogen and oxygen atoms in total. The van der Waals surface area contributed by atoms with Crippen molar-refractivity contribution in [1.82, 2.24) is 0 Å². The second kappa shape index (κ2) is 14.6. The summed E-state index contributed by atoms with van der Waals surface area (Å²) in [5.74, 6) is 0. The zero-order valence-corrected chi connectivity index (χ0v) is 32.5. The summed E-state index contributed by atoms with van der Waals surface area (Å²) in [5.41, 5.74) is 12.8. The number of fused-ring (bicyclic) bond motifs is 7. The highest BCUT2D eigenvalue weighted by Gasteiger charge is 2.21. The van der Waals surface area contributed by atoms with Crippen LogP contribution in [0, 0.1) is 0 Å². The van der Waals surface area contributed by atoms with Gasteiger partial charge in [-0.05, 0) is 113 Å². The van der Waals surface area contributed by atoms with E-state index in [2.05, 4.69) is 241 Å². The molecule has 0 aliphatic heterocycles. The Hall–Kier alpha value is -7.74. The van der Waals surface area contributed by atoms with Gasteiger partial charge in [-0.2, -0.15) is 0 Å². The number of para-hydroxylation sites is 2. The van der Waals surface area contributed by atoms with Gasteiger partial charge in [-0.15, -0.1) is 0 Å². The molecule has 0 heterocycles. The van der Waals surface area contributed by atoms with E-state index >= 15 is 0 Å². The number of anilines is 3. The van der Waals surface area contributed by atoms with Gasteiger partial charge in [-0.25, -0.2) is 0 Å². The highest BCUT2D eigenvalue weighted by molar-refractivity contribution is 6.25. The first-order valence-corrected chi connectivity index (χ1v) is 20.3. The summed E-state index contributed by atoms with van der Waals surface area (Å²) in [6.07, 6.45) is 0. The summed E-state index contributed by atoms with van der Waals surface area (Å²) < 4.78 is 0. The van der Waals surface area contributed by atoms with Crippen molar-refractivity contribution in [3.63, 3.8) is 0 Å². The summed E-state index contributed by atoms with van der Waals surface area (Å²) in [6, 6.07) is 86.2. The van der Waals surface area contributed by atoms with Crippen LogP contribution in [-0.4, -0.2) is 0 Å². The molecule has 0 saturated heterocycles. The molecule has 1 heteroatoms. The van der Waals surface area contributed by atoms with Crippen molar-refractivity contribution in [2.75, 3.05) is 4.90 Å². The normalized spacial score (nSPS) is 11.4. The van der Waals surface area contributed by atoms with Gasteiger partial charge < -0.3 is 4.90 Å². The minimum Gasteiger partial charge on any atom is -0.309 e. The number of benzene rings is 11. The fourth-order valence-electron chi connectivity index (χ4n) is 9.07. The number of rotatable bonds is 7. The Kier molecular flexibility index (Phi) is 8.56. The van der Waals surface area contributed by atoms with E-state index in [0.29, 0.717) is 0 Å². The van der Waals surface area contributed by atoms with Gasteiger partial charge in [0.2, 0.25) is 0 Å². The second-order valence-corrected chi connectivity index (χ2v) is 15.2. The van der Waals surface area contributed by atoms with Crippen molar-refractivity contribution < 1.29 is 0 Å². The molecule has 0 unspecified atom stereocenters. The lowest BCUT2D eigenvalue weighted by molar-refractivity contribution is 1.28. The fourth-order valence-corrected chi connectivity index (χ4v) is 9.07. The molecule has 59 heavy (non-hydrogen) atoms. The lowest BCUT2D eigenvalue weighted by Gasteiger charge is -2.30. The maximum Gasteiger partial charge on any atom is 0.0540 e. The first-order valence-electron chi connectivity index (χ1n) is 20.3. The van der Waals surface area contributed by atoms with Crippen molar-refractivity contribution in [2.45, 2.75) is 0 Å². The molecule has 11 rings (SSSR count). The first kappa shape index (κ1) is 34.5. The van der Waals surface area contributed by atoms with Gasteiger partial charge in [0.15, 0.2) is 0 Å². The molecule has 0 spiro atoms. The molecule has 0 bridgehead atoms. The van der Waals surface area contributed by atoms with Crippen molar-refractivity contribution in [3.8, 4) is 44.5 Å². The van der Waals surface area contributed by atoms with Crippen LogP contribution in [0.4, 0.5) is 17.1 Å². The Labute approximate surface area is 344 Å². The Bertz CT molecular complexity index is 3280. The standard InChI is InChI=1S/C58H39N/c1-2-16-42(17-3-1)49-23-10-12-30-57(49)59(58-31-13-11-24-50(58)45-21-14-20-44(38-45)48-29-15-19-41-18-4-5-22-47(41)48)46-35-32-40(33-36-46)43-34-37-55-53-27-7-6-25-51(53)52-26-8-9-28-54(52)56(55)39-43/h1-39H. The van der Waals surface area contributed by atoms with E-state index in [0.717, 1.165) is 22.6 Å². The van der Waals surface area contributed by atoms with Crippen LogP contribution in [0.1, 0.15) is 0 Å². The average Bonchev–Trinajstić information content (AvgIpc) is 3.32. The molecule has 0 radical (unpaired) electrons. The largest absolute Gasteiger partial charge is 0.309 e. The summed E-state index contributed by atoms with van der Waals surface area (Å²) in [4.78, 5) is 2.44. The predicted octanol–water partition coefficient (Wildman–Crippen LogP) is 16.4. The quantitative estimate of drug-likeness (QED) is 0.147. The lowest BCUT2D eigenvalue weighted by Crippen LogP contribution is -2.12. The Morgan fingerprint density at radius 1 is 0.220 bits per heavy atom. The van der Waals surface area contributed by atoms with E-state index in [9.17, 15) is 0 Å². The summed E-state index contributed by atoms with van der Waals surface area (Å²) in [5, 5.41) is 10.2. The van der Waals surface area contributed by atoms with Gasteiger partial charge in [0.05, 0.1) is 11.4 Å². The topological polar surface area (TPSA) is 3.24 Å². The molecule has 276 valence electrons. The van der Waals surface area contributed by atoms with Gasteiger partial charge in [0.1, 0.15) is 0 Å². The van der Waals surface area contributed by atoms with Crippen LogP contribution >= 0.6 is 0 Å². The third-order valence-corrected chi connectivity index (χ3v) is 11.9. The molecule has 0 aliphatic carbocycles. The van der Waals surface area contributed by atoms with E-state index in [-0.39, 0.29) is 0 Å². The Balaban J connectivity index is 1.06. The Morgan fingerprint density at radius 3 is 1.34 bits per heavy atom. The van der Waals surface area contributed by atoms with Crippen molar-refractivity contribution >= 4 is 60.2 Å². The molecule has 0 atom stereocenters. The lowest BCUT2D eigenvalue weighted by atomic mass is 9.92. The van der Waals surface area contributed by atoms with Crippen molar-refractivity contribution in [3.05, 3.63) is 237 Å². The number of nitrogens with zero attached hydrogens (tertiary/aromatic N) is 1. The predicted molar refractivity (Wildman–Crippen MR) is 253 cm³/mol. The Morgan fingerprint density at radius 2 is 0.661 bits per heavy atom. The third kappa shape index (κ3) is 6.12. The first-order chi connectivity index (χ1) is 29.3. The van der Waals surface area contributed by atoms with E-state index in [1.807, 2.05) is 0 Å². The molecular formula is C58H39N. The highest BCUT2D eigenvalue weighted by Crippen LogP contribution is 2.46. The number of hydrogen-bond donors (Lipinski definition) is 0. The van der Waals surface area contributed by atoms with Gasteiger partial charge in [-0.3, -0.25) is 0 Å². The molecular weight excluding hydrogens is 711 g/mol. The van der Waals surface area contributed by atoms with Crippen LogP contribution in [0.15, 0.2) is 237 Å². The maximum atomic E-state index is 2.44. The van der Waals surface area contributed by atoms with Crippen molar-refractivity contribution in [2.24, 2.45) is 0 Å². The van der Waals surface area contributed by atoms with Crippen LogP contribution in [0.25, 0.3) is 87.6 Å². The van der Waals surface area contributed by atoms with Gasteiger partial charge in [-0.1, -0.05) is 200 Å². The molecule has 0 amide bonds. The summed E-state index contributed by atoms with van der Waals surface area (Å²) in [6.45, 7) is 0. The van der Waals surface area contributed by atoms with E-state index < -0.39 is 0 Å². The second-order valence-electron chi connectivity index (χ2n) is 15.2. The van der Waals surface area contributed by atoms with Crippen LogP contribution < -0.4 is 4.90 Å². The molecule has 0 fully saturated rings. The van der Waals surface area contributed by atoms with Crippen LogP contribution in [0.3, 0.4) is 0 Å². The maximum absolute atomic E-state index is 2.44. The van der Waals surface area contributed by atoms with E-state index in [4.69, 9.17) is 0 Å². The molecule has 11 aromatic rings. The number of hydrogen-bond acceptors (Lipinski definition) is 1. The van der Waals surface area contributed by atoms with Crippen LogP contribution in [-0.2, 0) is 0 Å². The fraction of sp³-hybridized carbons (Fsp3) is 0. The van der Waals surface area contributed by atoms with Gasteiger partial charge >= 0.3 is 0 Å². The SMILES string of the molecule is c1ccc(-c2ccccc2N(c2ccc(-c3ccc4c5ccccc5c5ccccc5c4c3)cc2)c2ccccc2-c2cccc(-c3cccc4ccccc34)c2)cc1. The average molecular weight is 750 g/mol. The van der Waals surface area contributed by atoms with Crippen molar-refractivity contribution in [1.29, 1.82) is 0 Å². The molecule has 0 saturated carbocycles. The minimum atomic E-state index is 1.09. The minimum absolute atomic E-state index is 1.09. The van der Waals surface area contributed by atoms with Gasteiger partial charge in [0.25, 0.3) is 0 Å². The molecule has 0 aromatic heterocycles. The monoisotopic (exact) mass is 749 g/mol. The summed E-state index contributed by atoms with van der Waals surface area (Å²) >= 11 is 0. The van der Waals surface area contributed by atoms with E-state index in [1.54, 1.807) is 0 Å². The molecule has 11 aromatic carbocycles. The third-order valence-electron chi connectivity index (χ3n) is 11.9. The molecule has 0 N–H and O–H groups in total. The van der Waals surface area contributed by atoms with E-state index in [1.165, 1.54) is 82.0 Å². The molecule has 0 aliphatic rings.